The molecule has 8 heteroatoms. The SMILES string of the molecule is CN=C(NCc1ccccc1F)N1CCN(C(C)C(=O)N2CCCC2)CC1.I. The average molecular weight is 503 g/mol. The van der Waals surface area contributed by atoms with Crippen molar-refractivity contribution in [3.8, 4) is 0 Å². The number of aliphatic imine (C=N–C) groups is 1. The molecule has 0 aromatic heterocycles. The Balaban J connectivity index is 0.00000280. The maximum Gasteiger partial charge on any atom is 0.239 e. The smallest absolute Gasteiger partial charge is 0.239 e. The molecule has 1 unspecified atom stereocenters. The molecule has 0 aliphatic carbocycles. The van der Waals surface area contributed by atoms with Crippen molar-refractivity contribution in [2.45, 2.75) is 32.4 Å². The zero-order valence-electron chi connectivity index (χ0n) is 16.7. The Bertz CT molecular complexity index is 672. The molecule has 28 heavy (non-hydrogen) atoms. The number of rotatable bonds is 4. The van der Waals surface area contributed by atoms with Crippen LogP contribution in [0.3, 0.4) is 0 Å². The highest BCUT2D eigenvalue weighted by atomic mass is 127. The van der Waals surface area contributed by atoms with Crippen molar-refractivity contribution in [2.24, 2.45) is 4.99 Å². The van der Waals surface area contributed by atoms with Crippen LogP contribution in [0.2, 0.25) is 0 Å². The molecule has 1 aromatic carbocycles. The number of hydrogen-bond donors (Lipinski definition) is 1. The fourth-order valence-electron chi connectivity index (χ4n) is 3.83. The van der Waals surface area contributed by atoms with Gasteiger partial charge in [0, 0.05) is 58.4 Å². The summed E-state index contributed by atoms with van der Waals surface area (Å²) < 4.78 is 13.8. The second kappa shape index (κ2) is 10.9. The van der Waals surface area contributed by atoms with Crippen molar-refractivity contribution in [3.63, 3.8) is 0 Å². The Labute approximate surface area is 184 Å². The van der Waals surface area contributed by atoms with E-state index in [4.69, 9.17) is 0 Å². The maximum atomic E-state index is 13.8. The Morgan fingerprint density at radius 3 is 2.36 bits per heavy atom. The third-order valence-electron chi connectivity index (χ3n) is 5.54. The molecule has 1 aromatic rings. The largest absolute Gasteiger partial charge is 0.352 e. The molecule has 2 fully saturated rings. The number of amides is 1. The van der Waals surface area contributed by atoms with Crippen molar-refractivity contribution in [3.05, 3.63) is 35.6 Å². The summed E-state index contributed by atoms with van der Waals surface area (Å²) in [5.74, 6) is 0.818. The molecule has 0 radical (unpaired) electrons. The van der Waals surface area contributed by atoms with E-state index in [1.807, 2.05) is 17.9 Å². The van der Waals surface area contributed by atoms with Crippen LogP contribution in [0, 0.1) is 5.82 Å². The molecule has 2 saturated heterocycles. The summed E-state index contributed by atoms with van der Waals surface area (Å²) in [6.07, 6.45) is 2.24. The Hall–Kier alpha value is -1.42. The lowest BCUT2D eigenvalue weighted by Gasteiger charge is -2.39. The van der Waals surface area contributed by atoms with Crippen molar-refractivity contribution in [1.82, 2.24) is 20.0 Å². The number of likely N-dealkylation sites (tertiary alicyclic amines) is 1. The summed E-state index contributed by atoms with van der Waals surface area (Å²) in [6.45, 7) is 7.46. The van der Waals surface area contributed by atoms with E-state index < -0.39 is 0 Å². The van der Waals surface area contributed by atoms with E-state index in [0.717, 1.165) is 58.1 Å². The number of halogens is 2. The quantitative estimate of drug-likeness (QED) is 0.389. The van der Waals surface area contributed by atoms with E-state index in [1.165, 1.54) is 6.07 Å². The molecule has 0 saturated carbocycles. The van der Waals surface area contributed by atoms with Gasteiger partial charge in [0.1, 0.15) is 5.82 Å². The topological polar surface area (TPSA) is 51.2 Å². The zero-order valence-corrected chi connectivity index (χ0v) is 19.1. The first-order valence-electron chi connectivity index (χ1n) is 9.82. The molecular weight excluding hydrogens is 472 g/mol. The minimum atomic E-state index is -0.209. The Morgan fingerprint density at radius 1 is 1.11 bits per heavy atom. The lowest BCUT2D eigenvalue weighted by molar-refractivity contribution is -0.135. The number of hydrogen-bond acceptors (Lipinski definition) is 3. The molecule has 1 amide bonds. The van der Waals surface area contributed by atoms with Crippen molar-refractivity contribution in [1.29, 1.82) is 0 Å². The van der Waals surface area contributed by atoms with Crippen LogP contribution in [0.5, 0.6) is 0 Å². The molecule has 1 N–H and O–H groups in total. The number of nitrogens with zero attached hydrogens (tertiary/aromatic N) is 4. The predicted octanol–water partition coefficient (Wildman–Crippen LogP) is 2.15. The standard InChI is InChI=1S/C20H30FN5O.HI/c1-16(19(27)25-9-5-6-10-25)24-11-13-26(14-12-24)20(22-2)23-15-17-7-3-4-8-18(17)21;/h3-4,7-8,16H,5-6,9-15H2,1-2H3,(H,22,23);1H. The highest BCUT2D eigenvalue weighted by molar-refractivity contribution is 14.0. The van der Waals surface area contributed by atoms with Crippen LogP contribution in [0.4, 0.5) is 4.39 Å². The third kappa shape index (κ3) is 5.56. The van der Waals surface area contributed by atoms with Crippen LogP contribution in [0.15, 0.2) is 29.3 Å². The summed E-state index contributed by atoms with van der Waals surface area (Å²) >= 11 is 0. The highest BCUT2D eigenvalue weighted by Gasteiger charge is 2.30. The Morgan fingerprint density at radius 2 is 1.75 bits per heavy atom. The van der Waals surface area contributed by atoms with Gasteiger partial charge in [-0.3, -0.25) is 14.7 Å². The van der Waals surface area contributed by atoms with Gasteiger partial charge in [-0.2, -0.15) is 0 Å². The van der Waals surface area contributed by atoms with Gasteiger partial charge in [-0.15, -0.1) is 24.0 Å². The third-order valence-corrected chi connectivity index (χ3v) is 5.54. The molecule has 2 aliphatic rings. The molecule has 2 aliphatic heterocycles. The summed E-state index contributed by atoms with van der Waals surface area (Å²) in [7, 11) is 1.75. The molecule has 0 spiro atoms. The molecular formula is C20H31FIN5O. The number of guanidine groups is 1. The van der Waals surface area contributed by atoms with Gasteiger partial charge in [-0.05, 0) is 25.8 Å². The lowest BCUT2D eigenvalue weighted by Crippen LogP contribution is -2.57. The van der Waals surface area contributed by atoms with Gasteiger partial charge in [-0.25, -0.2) is 4.39 Å². The van der Waals surface area contributed by atoms with Crippen LogP contribution < -0.4 is 5.32 Å². The van der Waals surface area contributed by atoms with Gasteiger partial charge in [-0.1, -0.05) is 18.2 Å². The van der Waals surface area contributed by atoms with Crippen LogP contribution in [-0.4, -0.2) is 78.9 Å². The Kier molecular flexibility index (Phi) is 8.94. The van der Waals surface area contributed by atoms with Gasteiger partial charge in [0.05, 0.1) is 6.04 Å². The van der Waals surface area contributed by atoms with E-state index in [9.17, 15) is 9.18 Å². The highest BCUT2D eigenvalue weighted by Crippen LogP contribution is 2.14. The van der Waals surface area contributed by atoms with Crippen LogP contribution in [0.25, 0.3) is 0 Å². The van der Waals surface area contributed by atoms with Gasteiger partial charge in [0.15, 0.2) is 5.96 Å². The number of benzene rings is 1. The minimum absolute atomic E-state index is 0. The fraction of sp³-hybridized carbons (Fsp3) is 0.600. The molecule has 156 valence electrons. The van der Waals surface area contributed by atoms with E-state index in [1.54, 1.807) is 19.2 Å². The van der Waals surface area contributed by atoms with Gasteiger partial charge in [0.25, 0.3) is 0 Å². The first kappa shape index (κ1) is 22.9. The molecule has 1 atom stereocenters. The van der Waals surface area contributed by atoms with Crippen LogP contribution in [0.1, 0.15) is 25.3 Å². The first-order valence-corrected chi connectivity index (χ1v) is 9.82. The number of nitrogens with one attached hydrogen (secondary N) is 1. The summed E-state index contributed by atoms with van der Waals surface area (Å²) in [5.41, 5.74) is 0.627. The first-order chi connectivity index (χ1) is 13.1. The van der Waals surface area contributed by atoms with Gasteiger partial charge >= 0.3 is 0 Å². The predicted molar refractivity (Wildman–Crippen MR) is 120 cm³/mol. The summed E-state index contributed by atoms with van der Waals surface area (Å²) in [5, 5.41) is 3.25. The molecule has 2 heterocycles. The molecule has 0 bridgehead atoms. The van der Waals surface area contributed by atoms with E-state index >= 15 is 0 Å². The number of carbonyl (C=O) groups excluding carboxylic acids is 1. The summed E-state index contributed by atoms with van der Waals surface area (Å²) in [6, 6.07) is 6.70. The van der Waals surface area contributed by atoms with Crippen molar-refractivity contribution < 1.29 is 9.18 Å². The number of carbonyl (C=O) groups is 1. The number of piperazine rings is 1. The molecule has 6 nitrogen and oxygen atoms in total. The monoisotopic (exact) mass is 503 g/mol. The summed E-state index contributed by atoms with van der Waals surface area (Å²) in [4.78, 5) is 23.4. The second-order valence-corrected chi connectivity index (χ2v) is 7.22. The van der Waals surface area contributed by atoms with Crippen LogP contribution >= 0.6 is 24.0 Å². The van der Waals surface area contributed by atoms with Crippen LogP contribution in [-0.2, 0) is 11.3 Å². The van der Waals surface area contributed by atoms with Gasteiger partial charge < -0.3 is 15.1 Å². The van der Waals surface area contributed by atoms with E-state index in [2.05, 4.69) is 20.1 Å². The van der Waals surface area contributed by atoms with E-state index in [0.29, 0.717) is 12.1 Å². The normalized spacial score (nSPS) is 19.3. The second-order valence-electron chi connectivity index (χ2n) is 7.22. The van der Waals surface area contributed by atoms with Gasteiger partial charge in [0.2, 0.25) is 5.91 Å². The van der Waals surface area contributed by atoms with E-state index in [-0.39, 0.29) is 41.7 Å². The van der Waals surface area contributed by atoms with Crippen molar-refractivity contribution >= 4 is 35.8 Å². The fourth-order valence-corrected chi connectivity index (χ4v) is 3.83. The average Bonchev–Trinajstić information content (AvgIpc) is 3.24. The lowest BCUT2D eigenvalue weighted by atomic mass is 10.2. The minimum Gasteiger partial charge on any atom is -0.352 e. The van der Waals surface area contributed by atoms with Crippen molar-refractivity contribution in [2.75, 3.05) is 46.3 Å². The maximum absolute atomic E-state index is 13.8. The zero-order chi connectivity index (χ0) is 19.2. The molecule has 3 rings (SSSR count).